The van der Waals surface area contributed by atoms with Crippen molar-refractivity contribution in [1.29, 1.82) is 0 Å². The average molecular weight is 251 g/mol. The lowest BCUT2D eigenvalue weighted by molar-refractivity contribution is 0.134. The summed E-state index contributed by atoms with van der Waals surface area (Å²) in [6.07, 6.45) is 3.41. The van der Waals surface area contributed by atoms with Gasteiger partial charge in [-0.2, -0.15) is 4.98 Å². The number of hydrogen-bond donors (Lipinski definition) is 1. The van der Waals surface area contributed by atoms with Gasteiger partial charge < -0.3 is 15.0 Å². The molecule has 0 aromatic carbocycles. The van der Waals surface area contributed by atoms with Crippen LogP contribution >= 0.6 is 0 Å². The highest BCUT2D eigenvalue weighted by Gasteiger charge is 2.13. The Morgan fingerprint density at radius 2 is 2.28 bits per heavy atom. The lowest BCUT2D eigenvalue weighted by Crippen LogP contribution is -2.26. The van der Waals surface area contributed by atoms with Crippen molar-refractivity contribution in [1.82, 2.24) is 19.1 Å². The van der Waals surface area contributed by atoms with Crippen molar-refractivity contribution in [3.63, 3.8) is 0 Å². The van der Waals surface area contributed by atoms with Crippen molar-refractivity contribution < 1.29 is 4.74 Å². The summed E-state index contributed by atoms with van der Waals surface area (Å²) < 4.78 is 8.13. The first-order valence-corrected chi connectivity index (χ1v) is 5.89. The molecule has 2 N–H and O–H groups in total. The fourth-order valence-corrected chi connectivity index (χ4v) is 1.84. The van der Waals surface area contributed by atoms with Crippen LogP contribution in [0.2, 0.25) is 0 Å². The van der Waals surface area contributed by atoms with Gasteiger partial charge in [0.05, 0.1) is 6.33 Å². The number of nitrogens with zero attached hydrogens (tertiary/aromatic N) is 4. The van der Waals surface area contributed by atoms with Gasteiger partial charge in [0.1, 0.15) is 6.73 Å². The highest BCUT2D eigenvalue weighted by Crippen LogP contribution is 2.09. The van der Waals surface area contributed by atoms with E-state index in [2.05, 4.69) is 16.9 Å². The minimum Gasteiger partial charge on any atom is -0.369 e. The molecule has 2 rings (SSSR count). The zero-order valence-electron chi connectivity index (χ0n) is 10.6. The first-order valence-electron chi connectivity index (χ1n) is 5.89. The third kappa shape index (κ3) is 2.08. The van der Waals surface area contributed by atoms with Crippen molar-refractivity contribution >= 4 is 17.1 Å². The summed E-state index contributed by atoms with van der Waals surface area (Å²) in [4.78, 5) is 20.5. The molecule has 0 fully saturated rings. The number of fused-ring (bicyclic) bond motifs is 1. The maximum absolute atomic E-state index is 12.3. The molecule has 0 unspecified atom stereocenters. The second kappa shape index (κ2) is 5.18. The number of nitrogen functional groups attached to an aromatic ring is 1. The van der Waals surface area contributed by atoms with Gasteiger partial charge in [-0.3, -0.25) is 9.36 Å². The molecule has 0 aliphatic carbocycles. The Morgan fingerprint density at radius 3 is 2.94 bits per heavy atom. The molecule has 0 aliphatic heterocycles. The Morgan fingerprint density at radius 1 is 1.50 bits per heavy atom. The molecule has 7 nitrogen and oxygen atoms in total. The van der Waals surface area contributed by atoms with E-state index in [1.165, 1.54) is 10.9 Å². The fourth-order valence-electron chi connectivity index (χ4n) is 1.84. The summed E-state index contributed by atoms with van der Waals surface area (Å²) in [6, 6.07) is 0. The van der Waals surface area contributed by atoms with Crippen molar-refractivity contribution in [3.05, 3.63) is 16.7 Å². The lowest BCUT2D eigenvalue weighted by atomic mass is 10.3. The van der Waals surface area contributed by atoms with E-state index in [1.807, 2.05) is 0 Å². The van der Waals surface area contributed by atoms with Crippen LogP contribution in [0.25, 0.3) is 11.2 Å². The number of aromatic nitrogens is 4. The van der Waals surface area contributed by atoms with Gasteiger partial charge >= 0.3 is 0 Å². The van der Waals surface area contributed by atoms with Gasteiger partial charge in [0.25, 0.3) is 5.56 Å². The molecule has 0 bridgehead atoms. The summed E-state index contributed by atoms with van der Waals surface area (Å²) in [7, 11) is 1.56. The SMILES string of the molecule is CCCCn1c(N)nc2ncn(COC)c2c1=O. The third-order valence-corrected chi connectivity index (χ3v) is 2.77. The molecule has 7 heteroatoms. The summed E-state index contributed by atoms with van der Waals surface area (Å²) in [5, 5.41) is 0. The molecular weight excluding hydrogens is 234 g/mol. The molecule has 0 saturated heterocycles. The molecule has 2 aromatic heterocycles. The molecule has 0 atom stereocenters. The quantitative estimate of drug-likeness (QED) is 0.839. The van der Waals surface area contributed by atoms with E-state index >= 15 is 0 Å². The number of anilines is 1. The Kier molecular flexibility index (Phi) is 3.61. The summed E-state index contributed by atoms with van der Waals surface area (Å²) in [5.41, 5.74) is 6.41. The molecule has 0 amide bonds. The second-order valence-corrected chi connectivity index (χ2v) is 4.08. The van der Waals surface area contributed by atoms with Crippen LogP contribution in [-0.4, -0.2) is 26.2 Å². The summed E-state index contributed by atoms with van der Waals surface area (Å²) in [5.74, 6) is 0.212. The van der Waals surface area contributed by atoms with E-state index < -0.39 is 0 Å². The van der Waals surface area contributed by atoms with E-state index in [1.54, 1.807) is 11.7 Å². The number of hydrogen-bond acceptors (Lipinski definition) is 5. The molecule has 0 spiro atoms. The molecule has 18 heavy (non-hydrogen) atoms. The van der Waals surface area contributed by atoms with E-state index in [0.717, 1.165) is 12.8 Å². The maximum atomic E-state index is 12.3. The Balaban J connectivity index is 2.58. The predicted molar refractivity (Wildman–Crippen MR) is 68.1 cm³/mol. The normalized spacial score (nSPS) is 11.2. The van der Waals surface area contributed by atoms with Crippen LogP contribution in [0.5, 0.6) is 0 Å². The minimum absolute atomic E-state index is 0.166. The number of ether oxygens (including phenoxy) is 1. The van der Waals surface area contributed by atoms with Crippen molar-refractivity contribution in [2.24, 2.45) is 0 Å². The average Bonchev–Trinajstić information content (AvgIpc) is 2.72. The topological polar surface area (TPSA) is 88.0 Å². The minimum atomic E-state index is -0.166. The zero-order valence-corrected chi connectivity index (χ0v) is 10.6. The van der Waals surface area contributed by atoms with E-state index in [4.69, 9.17) is 10.5 Å². The smallest absolute Gasteiger partial charge is 0.281 e. The van der Waals surface area contributed by atoms with Crippen LogP contribution in [0.15, 0.2) is 11.1 Å². The molecular formula is C11H17N5O2. The van der Waals surface area contributed by atoms with Crippen molar-refractivity contribution in [3.8, 4) is 0 Å². The predicted octanol–water partition coefficient (Wildman–Crippen LogP) is 0.579. The van der Waals surface area contributed by atoms with Crippen LogP contribution in [0.3, 0.4) is 0 Å². The lowest BCUT2D eigenvalue weighted by Gasteiger charge is -2.08. The summed E-state index contributed by atoms with van der Waals surface area (Å²) in [6.45, 7) is 2.90. The first kappa shape index (κ1) is 12.6. The largest absolute Gasteiger partial charge is 0.369 e. The van der Waals surface area contributed by atoms with E-state index in [-0.39, 0.29) is 18.2 Å². The zero-order chi connectivity index (χ0) is 13.1. The Hall–Kier alpha value is -1.89. The number of imidazole rings is 1. The Labute approximate surface area is 104 Å². The summed E-state index contributed by atoms with van der Waals surface area (Å²) >= 11 is 0. The van der Waals surface area contributed by atoms with Gasteiger partial charge in [-0.15, -0.1) is 0 Å². The highest BCUT2D eigenvalue weighted by atomic mass is 16.5. The van der Waals surface area contributed by atoms with Crippen LogP contribution in [0, 0.1) is 0 Å². The van der Waals surface area contributed by atoms with Crippen molar-refractivity contribution in [2.45, 2.75) is 33.0 Å². The van der Waals surface area contributed by atoms with Gasteiger partial charge in [0.2, 0.25) is 5.95 Å². The van der Waals surface area contributed by atoms with E-state index in [9.17, 15) is 4.79 Å². The highest BCUT2D eigenvalue weighted by molar-refractivity contribution is 5.70. The molecule has 98 valence electrons. The maximum Gasteiger partial charge on any atom is 0.281 e. The van der Waals surface area contributed by atoms with Crippen LogP contribution in [0.4, 0.5) is 5.95 Å². The number of methoxy groups -OCH3 is 1. The Bertz CT molecular complexity index is 601. The number of unbranched alkanes of at least 4 members (excludes halogenated alkanes) is 1. The number of rotatable bonds is 5. The van der Waals surface area contributed by atoms with Gasteiger partial charge in [-0.25, -0.2) is 4.98 Å². The number of nitrogens with two attached hydrogens (primary N) is 1. The first-order chi connectivity index (χ1) is 8.69. The monoisotopic (exact) mass is 251 g/mol. The van der Waals surface area contributed by atoms with Crippen LogP contribution in [0.1, 0.15) is 19.8 Å². The van der Waals surface area contributed by atoms with Crippen LogP contribution < -0.4 is 11.3 Å². The molecule has 0 radical (unpaired) electrons. The standard InChI is InChI=1S/C11H17N5O2/c1-3-4-5-16-10(17)8-9(14-11(16)12)13-6-15(8)7-18-2/h6H,3-5,7H2,1-2H3,(H2,12,14). The van der Waals surface area contributed by atoms with Crippen molar-refractivity contribution in [2.75, 3.05) is 12.8 Å². The van der Waals surface area contributed by atoms with Crippen LogP contribution in [-0.2, 0) is 18.0 Å². The molecule has 2 heterocycles. The van der Waals surface area contributed by atoms with Gasteiger partial charge in [-0.1, -0.05) is 13.3 Å². The fraction of sp³-hybridized carbons (Fsp3) is 0.545. The second-order valence-electron chi connectivity index (χ2n) is 4.08. The van der Waals surface area contributed by atoms with Gasteiger partial charge in [-0.05, 0) is 6.42 Å². The van der Waals surface area contributed by atoms with E-state index in [0.29, 0.717) is 17.7 Å². The molecule has 2 aromatic rings. The van der Waals surface area contributed by atoms with Gasteiger partial charge in [0, 0.05) is 13.7 Å². The van der Waals surface area contributed by atoms with Gasteiger partial charge in [0.15, 0.2) is 11.2 Å². The molecule has 0 aliphatic rings. The third-order valence-electron chi connectivity index (χ3n) is 2.77. The molecule has 0 saturated carbocycles.